The Labute approximate surface area is 66.1 Å². The molecule has 0 radical (unpaired) electrons. The predicted molar refractivity (Wildman–Crippen MR) is 40.1 cm³/mol. The molecule has 0 aromatic rings. The number of aliphatic hydroxyl groups excluding tert-OH is 1. The highest BCUT2D eigenvalue weighted by atomic mass is 32.2. The average molecular weight is 180 g/mol. The van der Waals surface area contributed by atoms with Gasteiger partial charge in [-0.25, -0.2) is 8.42 Å². The fourth-order valence-corrected chi connectivity index (χ4v) is 2.86. The van der Waals surface area contributed by atoms with E-state index in [0.29, 0.717) is 6.61 Å². The van der Waals surface area contributed by atoms with Gasteiger partial charge in [0, 0.05) is 6.61 Å². The Bertz CT molecular complexity index is 221. The second-order valence-electron chi connectivity index (χ2n) is 2.64. The van der Waals surface area contributed by atoms with Crippen molar-refractivity contribution >= 4 is 9.84 Å². The van der Waals surface area contributed by atoms with Crippen LogP contribution in [0.4, 0.5) is 0 Å². The van der Waals surface area contributed by atoms with Gasteiger partial charge in [-0.05, 0) is 6.92 Å². The van der Waals surface area contributed by atoms with Crippen LogP contribution in [0, 0.1) is 0 Å². The third kappa shape index (κ3) is 2.15. The SMILES string of the molecule is CCOC1CS(=O)(=O)CC1O. The summed E-state index contributed by atoms with van der Waals surface area (Å²) in [6.07, 6.45) is -1.34. The minimum atomic E-state index is -3.04. The van der Waals surface area contributed by atoms with Gasteiger partial charge in [0.2, 0.25) is 0 Å². The molecule has 0 amide bonds. The lowest BCUT2D eigenvalue weighted by atomic mass is 10.3. The molecular formula is C6H12O4S. The molecule has 1 aliphatic rings. The smallest absolute Gasteiger partial charge is 0.155 e. The fraction of sp³-hybridized carbons (Fsp3) is 1.00. The highest BCUT2D eigenvalue weighted by Crippen LogP contribution is 2.15. The number of aliphatic hydroxyl groups is 1. The van der Waals surface area contributed by atoms with Crippen molar-refractivity contribution in [3.8, 4) is 0 Å². The van der Waals surface area contributed by atoms with Gasteiger partial charge < -0.3 is 9.84 Å². The van der Waals surface area contributed by atoms with Gasteiger partial charge in [-0.1, -0.05) is 0 Å². The first kappa shape index (κ1) is 8.96. The molecule has 0 spiro atoms. The molecule has 0 bridgehead atoms. The van der Waals surface area contributed by atoms with Crippen LogP contribution in [0.3, 0.4) is 0 Å². The topological polar surface area (TPSA) is 63.6 Å². The Balaban J connectivity index is 2.59. The zero-order valence-corrected chi connectivity index (χ0v) is 7.17. The van der Waals surface area contributed by atoms with E-state index in [9.17, 15) is 8.42 Å². The summed E-state index contributed by atoms with van der Waals surface area (Å²) in [5.74, 6) is -0.195. The molecule has 1 rings (SSSR count). The monoisotopic (exact) mass is 180 g/mol. The minimum Gasteiger partial charge on any atom is -0.389 e. The van der Waals surface area contributed by atoms with Crippen molar-refractivity contribution in [1.82, 2.24) is 0 Å². The van der Waals surface area contributed by atoms with Crippen LogP contribution < -0.4 is 0 Å². The first-order valence-electron chi connectivity index (χ1n) is 3.55. The molecule has 11 heavy (non-hydrogen) atoms. The van der Waals surface area contributed by atoms with Crippen molar-refractivity contribution in [3.63, 3.8) is 0 Å². The van der Waals surface area contributed by atoms with Gasteiger partial charge in [-0.3, -0.25) is 0 Å². The van der Waals surface area contributed by atoms with E-state index < -0.39 is 22.0 Å². The molecule has 1 saturated heterocycles. The maximum absolute atomic E-state index is 10.9. The molecule has 2 unspecified atom stereocenters. The van der Waals surface area contributed by atoms with Crippen molar-refractivity contribution < 1.29 is 18.3 Å². The Hall–Kier alpha value is -0.130. The Morgan fingerprint density at radius 3 is 2.55 bits per heavy atom. The first-order valence-corrected chi connectivity index (χ1v) is 5.37. The van der Waals surface area contributed by atoms with Crippen LogP contribution in [0.5, 0.6) is 0 Å². The second kappa shape index (κ2) is 3.08. The molecule has 66 valence electrons. The molecule has 1 N–H and O–H groups in total. The maximum Gasteiger partial charge on any atom is 0.155 e. The Kier molecular flexibility index (Phi) is 2.51. The summed E-state index contributed by atoms with van der Waals surface area (Å²) in [5, 5.41) is 9.15. The number of rotatable bonds is 2. The predicted octanol–water partition coefficient (Wildman–Crippen LogP) is -0.819. The average Bonchev–Trinajstić information content (AvgIpc) is 2.07. The highest BCUT2D eigenvalue weighted by molar-refractivity contribution is 7.91. The molecular weight excluding hydrogens is 168 g/mol. The molecule has 0 aromatic heterocycles. The van der Waals surface area contributed by atoms with E-state index in [1.54, 1.807) is 6.92 Å². The van der Waals surface area contributed by atoms with Crippen LogP contribution >= 0.6 is 0 Å². The summed E-state index contributed by atoms with van der Waals surface area (Å²) in [6, 6.07) is 0. The van der Waals surface area contributed by atoms with Crippen LogP contribution in [-0.4, -0.2) is 43.8 Å². The zero-order chi connectivity index (χ0) is 8.48. The van der Waals surface area contributed by atoms with E-state index in [1.807, 2.05) is 0 Å². The molecule has 5 heteroatoms. The van der Waals surface area contributed by atoms with Crippen LogP contribution in [0.1, 0.15) is 6.92 Å². The van der Waals surface area contributed by atoms with E-state index >= 15 is 0 Å². The summed E-state index contributed by atoms with van der Waals surface area (Å²) >= 11 is 0. The molecule has 1 aliphatic heterocycles. The summed E-state index contributed by atoms with van der Waals surface area (Å²) in [6.45, 7) is 2.22. The minimum absolute atomic E-state index is 0.0397. The second-order valence-corrected chi connectivity index (χ2v) is 4.79. The quantitative estimate of drug-likeness (QED) is 0.603. The number of ether oxygens (including phenoxy) is 1. The van der Waals surface area contributed by atoms with E-state index in [0.717, 1.165) is 0 Å². The van der Waals surface area contributed by atoms with Crippen molar-refractivity contribution in [2.45, 2.75) is 19.1 Å². The summed E-state index contributed by atoms with van der Waals surface area (Å²) in [4.78, 5) is 0. The number of sulfone groups is 1. The van der Waals surface area contributed by atoms with E-state index in [2.05, 4.69) is 0 Å². The molecule has 1 heterocycles. The fourth-order valence-electron chi connectivity index (χ4n) is 1.17. The van der Waals surface area contributed by atoms with Gasteiger partial charge in [-0.15, -0.1) is 0 Å². The summed E-state index contributed by atoms with van der Waals surface area (Å²) in [5.41, 5.74) is 0. The van der Waals surface area contributed by atoms with Crippen LogP contribution in [0.2, 0.25) is 0 Å². The number of hydrogen-bond acceptors (Lipinski definition) is 4. The highest BCUT2D eigenvalue weighted by Gasteiger charge is 2.36. The Morgan fingerprint density at radius 1 is 1.55 bits per heavy atom. The van der Waals surface area contributed by atoms with Crippen molar-refractivity contribution in [2.75, 3.05) is 18.1 Å². The molecule has 0 aromatic carbocycles. The largest absolute Gasteiger partial charge is 0.389 e. The van der Waals surface area contributed by atoms with E-state index in [-0.39, 0.29) is 11.5 Å². The van der Waals surface area contributed by atoms with E-state index in [4.69, 9.17) is 9.84 Å². The molecule has 1 fully saturated rings. The van der Waals surface area contributed by atoms with Crippen molar-refractivity contribution in [2.24, 2.45) is 0 Å². The van der Waals surface area contributed by atoms with Gasteiger partial charge in [0.05, 0.1) is 23.7 Å². The third-order valence-electron chi connectivity index (χ3n) is 1.65. The van der Waals surface area contributed by atoms with Crippen LogP contribution in [-0.2, 0) is 14.6 Å². The molecule has 2 atom stereocenters. The summed E-state index contributed by atoms with van der Waals surface area (Å²) in [7, 11) is -3.04. The van der Waals surface area contributed by atoms with Crippen molar-refractivity contribution in [3.05, 3.63) is 0 Å². The molecule has 0 saturated carbocycles. The first-order chi connectivity index (χ1) is 5.05. The van der Waals surface area contributed by atoms with Gasteiger partial charge in [-0.2, -0.15) is 0 Å². The normalized spacial score (nSPS) is 35.8. The lowest BCUT2D eigenvalue weighted by Gasteiger charge is -2.11. The van der Waals surface area contributed by atoms with Gasteiger partial charge in [0.15, 0.2) is 9.84 Å². The van der Waals surface area contributed by atoms with Gasteiger partial charge in [0.1, 0.15) is 0 Å². The van der Waals surface area contributed by atoms with Crippen molar-refractivity contribution in [1.29, 1.82) is 0 Å². The maximum atomic E-state index is 10.9. The molecule has 0 aliphatic carbocycles. The third-order valence-corrected chi connectivity index (χ3v) is 3.34. The standard InChI is InChI=1S/C6H12O4S/c1-2-10-6-4-11(8,9)3-5(6)7/h5-7H,2-4H2,1H3. The van der Waals surface area contributed by atoms with Gasteiger partial charge >= 0.3 is 0 Å². The zero-order valence-electron chi connectivity index (χ0n) is 6.36. The van der Waals surface area contributed by atoms with Crippen LogP contribution in [0.15, 0.2) is 0 Å². The van der Waals surface area contributed by atoms with E-state index in [1.165, 1.54) is 0 Å². The lowest BCUT2D eigenvalue weighted by Crippen LogP contribution is -2.26. The molecule has 4 nitrogen and oxygen atoms in total. The van der Waals surface area contributed by atoms with Gasteiger partial charge in [0.25, 0.3) is 0 Å². The van der Waals surface area contributed by atoms with Crippen LogP contribution in [0.25, 0.3) is 0 Å². The Morgan fingerprint density at radius 2 is 2.18 bits per heavy atom. The summed E-state index contributed by atoms with van der Waals surface area (Å²) < 4.78 is 26.8. The number of hydrogen-bond donors (Lipinski definition) is 1. The lowest BCUT2D eigenvalue weighted by molar-refractivity contribution is -0.00172.